The van der Waals surface area contributed by atoms with Crippen LogP contribution in [0.2, 0.25) is 0 Å². The van der Waals surface area contributed by atoms with Crippen LogP contribution in [0.4, 0.5) is 5.69 Å². The maximum absolute atomic E-state index is 12.2. The average molecular weight is 362 g/mol. The van der Waals surface area contributed by atoms with Gasteiger partial charge in [0.2, 0.25) is 5.91 Å². The highest BCUT2D eigenvalue weighted by molar-refractivity contribution is 5.94. The number of aromatic nitrogens is 3. The lowest BCUT2D eigenvalue weighted by molar-refractivity contribution is -0.123. The molecule has 1 amide bonds. The van der Waals surface area contributed by atoms with Crippen molar-refractivity contribution in [3.05, 3.63) is 60.6 Å². The van der Waals surface area contributed by atoms with Crippen LogP contribution < -0.4 is 10.1 Å². The predicted molar refractivity (Wildman–Crippen MR) is 105 cm³/mol. The third-order valence-electron chi connectivity index (χ3n) is 3.92. The summed E-state index contributed by atoms with van der Waals surface area (Å²) in [5, 5.41) is 2.90. The number of aryl methyl sites for hydroxylation is 1. The fraction of sp³-hybridized carbons (Fsp3) is 0.238. The Hall–Kier alpha value is -3.28. The quantitative estimate of drug-likeness (QED) is 0.732. The van der Waals surface area contributed by atoms with Crippen molar-refractivity contribution in [3.63, 3.8) is 0 Å². The third-order valence-corrected chi connectivity index (χ3v) is 3.92. The molecule has 1 aromatic carbocycles. The van der Waals surface area contributed by atoms with Crippen molar-refractivity contribution >= 4 is 11.6 Å². The van der Waals surface area contributed by atoms with Gasteiger partial charge < -0.3 is 10.1 Å². The molecule has 2 aromatic heterocycles. The Balaban J connectivity index is 1.83. The lowest BCUT2D eigenvalue weighted by Crippen LogP contribution is -2.27. The number of carbonyl (C=O) groups is 1. The molecule has 3 rings (SSSR count). The van der Waals surface area contributed by atoms with Gasteiger partial charge in [-0.2, -0.15) is 4.98 Å². The van der Waals surface area contributed by atoms with Gasteiger partial charge in [-0.05, 0) is 36.8 Å². The summed E-state index contributed by atoms with van der Waals surface area (Å²) in [6.45, 7) is 7.53. The van der Waals surface area contributed by atoms with Gasteiger partial charge in [0.15, 0.2) is 0 Å². The van der Waals surface area contributed by atoms with E-state index in [2.05, 4.69) is 20.3 Å². The number of rotatable bonds is 4. The first-order chi connectivity index (χ1) is 12.8. The minimum atomic E-state index is -0.479. The summed E-state index contributed by atoms with van der Waals surface area (Å²) in [6.07, 6.45) is 5.09. The van der Waals surface area contributed by atoms with E-state index >= 15 is 0 Å². The number of carbonyl (C=O) groups excluding carboxylic acids is 1. The van der Waals surface area contributed by atoms with E-state index in [1.807, 2.05) is 52.0 Å². The minimum absolute atomic E-state index is 0.0628. The van der Waals surface area contributed by atoms with E-state index in [0.717, 1.165) is 16.8 Å². The first-order valence-corrected chi connectivity index (χ1v) is 8.66. The van der Waals surface area contributed by atoms with Crippen molar-refractivity contribution < 1.29 is 9.53 Å². The van der Waals surface area contributed by atoms with Gasteiger partial charge in [-0.25, -0.2) is 4.98 Å². The highest BCUT2D eigenvalue weighted by atomic mass is 16.5. The second-order valence-corrected chi connectivity index (χ2v) is 7.25. The van der Waals surface area contributed by atoms with Crippen LogP contribution in [-0.2, 0) is 4.79 Å². The molecule has 0 saturated heterocycles. The fourth-order valence-electron chi connectivity index (χ4n) is 2.27. The first kappa shape index (κ1) is 18.5. The standard InChI is InChI=1S/C21H22N4O2/c1-14-7-8-16(24-19(26)21(2,3)4)12-18(14)27-20-23-11-9-17(25-20)15-6-5-10-22-13-15/h5-13H,1-4H3,(H,24,26). The van der Waals surface area contributed by atoms with Gasteiger partial charge in [0, 0.05) is 41.3 Å². The number of hydrogen-bond donors (Lipinski definition) is 1. The van der Waals surface area contributed by atoms with E-state index in [4.69, 9.17) is 4.74 Å². The van der Waals surface area contributed by atoms with Crippen LogP contribution in [0.25, 0.3) is 11.3 Å². The number of amides is 1. The normalized spacial score (nSPS) is 11.1. The van der Waals surface area contributed by atoms with E-state index in [1.54, 1.807) is 30.7 Å². The Labute approximate surface area is 158 Å². The van der Waals surface area contributed by atoms with Gasteiger partial charge in [-0.3, -0.25) is 9.78 Å². The van der Waals surface area contributed by atoms with Crippen LogP contribution in [0.15, 0.2) is 55.0 Å². The Morgan fingerprint density at radius 2 is 1.93 bits per heavy atom. The van der Waals surface area contributed by atoms with Crippen molar-refractivity contribution in [1.82, 2.24) is 15.0 Å². The lowest BCUT2D eigenvalue weighted by atomic mass is 9.95. The van der Waals surface area contributed by atoms with E-state index in [1.165, 1.54) is 0 Å². The monoisotopic (exact) mass is 362 g/mol. The largest absolute Gasteiger partial charge is 0.424 e. The molecule has 27 heavy (non-hydrogen) atoms. The molecule has 0 spiro atoms. The second-order valence-electron chi connectivity index (χ2n) is 7.25. The topological polar surface area (TPSA) is 77.0 Å². The molecular weight excluding hydrogens is 340 g/mol. The second kappa shape index (κ2) is 7.53. The molecule has 0 unspecified atom stereocenters. The molecule has 0 radical (unpaired) electrons. The number of pyridine rings is 1. The fourth-order valence-corrected chi connectivity index (χ4v) is 2.27. The van der Waals surface area contributed by atoms with E-state index in [-0.39, 0.29) is 11.9 Å². The van der Waals surface area contributed by atoms with Gasteiger partial charge in [0.25, 0.3) is 0 Å². The SMILES string of the molecule is Cc1ccc(NC(=O)C(C)(C)C)cc1Oc1nccc(-c2cccnc2)n1. The van der Waals surface area contributed by atoms with Crippen molar-refractivity contribution in [2.24, 2.45) is 5.41 Å². The average Bonchev–Trinajstić information content (AvgIpc) is 2.64. The summed E-state index contributed by atoms with van der Waals surface area (Å²) < 4.78 is 5.89. The molecule has 0 bridgehead atoms. The van der Waals surface area contributed by atoms with Gasteiger partial charge in [0.05, 0.1) is 5.69 Å². The van der Waals surface area contributed by atoms with Gasteiger partial charge >= 0.3 is 6.01 Å². The molecule has 6 nitrogen and oxygen atoms in total. The summed E-state index contributed by atoms with van der Waals surface area (Å²) in [6, 6.07) is 11.3. The van der Waals surface area contributed by atoms with Crippen LogP contribution in [0.5, 0.6) is 11.8 Å². The zero-order chi connectivity index (χ0) is 19.4. The molecule has 0 atom stereocenters. The van der Waals surface area contributed by atoms with Crippen LogP contribution in [-0.4, -0.2) is 20.9 Å². The highest BCUT2D eigenvalue weighted by Gasteiger charge is 2.21. The zero-order valence-electron chi connectivity index (χ0n) is 15.9. The van der Waals surface area contributed by atoms with E-state index in [9.17, 15) is 4.79 Å². The molecule has 6 heteroatoms. The highest BCUT2D eigenvalue weighted by Crippen LogP contribution is 2.28. The molecule has 1 N–H and O–H groups in total. The lowest BCUT2D eigenvalue weighted by Gasteiger charge is -2.18. The van der Waals surface area contributed by atoms with E-state index < -0.39 is 5.41 Å². The Kier molecular flexibility index (Phi) is 5.16. The maximum atomic E-state index is 12.2. The molecule has 2 heterocycles. The van der Waals surface area contributed by atoms with Crippen LogP contribution >= 0.6 is 0 Å². The number of hydrogen-bond acceptors (Lipinski definition) is 5. The molecule has 0 fully saturated rings. The number of nitrogens with zero attached hydrogens (tertiary/aromatic N) is 3. The van der Waals surface area contributed by atoms with E-state index in [0.29, 0.717) is 11.4 Å². The molecule has 0 aliphatic carbocycles. The van der Waals surface area contributed by atoms with Crippen LogP contribution in [0.3, 0.4) is 0 Å². The van der Waals surface area contributed by atoms with Gasteiger partial charge in [-0.15, -0.1) is 0 Å². The number of nitrogens with one attached hydrogen (secondary N) is 1. The summed E-state index contributed by atoms with van der Waals surface area (Å²) in [5.74, 6) is 0.525. The van der Waals surface area contributed by atoms with Crippen molar-refractivity contribution in [3.8, 4) is 23.0 Å². The van der Waals surface area contributed by atoms with Gasteiger partial charge in [-0.1, -0.05) is 26.8 Å². The molecular formula is C21H22N4O2. The third kappa shape index (κ3) is 4.67. The molecule has 3 aromatic rings. The zero-order valence-corrected chi connectivity index (χ0v) is 15.9. The molecule has 138 valence electrons. The summed E-state index contributed by atoms with van der Waals surface area (Å²) >= 11 is 0. The van der Waals surface area contributed by atoms with Crippen molar-refractivity contribution in [1.29, 1.82) is 0 Å². The minimum Gasteiger partial charge on any atom is -0.424 e. The Morgan fingerprint density at radius 3 is 2.63 bits per heavy atom. The number of ether oxygens (including phenoxy) is 1. The summed E-state index contributed by atoms with van der Waals surface area (Å²) in [4.78, 5) is 25.0. The maximum Gasteiger partial charge on any atom is 0.322 e. The predicted octanol–water partition coefficient (Wildman–Crippen LogP) is 4.62. The number of benzene rings is 1. The Bertz CT molecular complexity index is 950. The Morgan fingerprint density at radius 1 is 1.11 bits per heavy atom. The smallest absolute Gasteiger partial charge is 0.322 e. The van der Waals surface area contributed by atoms with Crippen molar-refractivity contribution in [2.75, 3.05) is 5.32 Å². The first-order valence-electron chi connectivity index (χ1n) is 8.66. The van der Waals surface area contributed by atoms with Crippen LogP contribution in [0.1, 0.15) is 26.3 Å². The van der Waals surface area contributed by atoms with Crippen LogP contribution in [0, 0.1) is 12.3 Å². The number of anilines is 1. The van der Waals surface area contributed by atoms with Gasteiger partial charge in [0.1, 0.15) is 5.75 Å². The summed E-state index contributed by atoms with van der Waals surface area (Å²) in [5.41, 5.74) is 2.71. The molecule has 0 aliphatic rings. The molecule has 0 saturated carbocycles. The van der Waals surface area contributed by atoms with Crippen molar-refractivity contribution in [2.45, 2.75) is 27.7 Å². The molecule has 0 aliphatic heterocycles. The summed E-state index contributed by atoms with van der Waals surface area (Å²) in [7, 11) is 0.